The highest BCUT2D eigenvalue weighted by Crippen LogP contribution is 2.54. The van der Waals surface area contributed by atoms with Crippen molar-refractivity contribution < 1.29 is 14.3 Å². The third-order valence-corrected chi connectivity index (χ3v) is 8.49. The van der Waals surface area contributed by atoms with Crippen molar-refractivity contribution in [3.05, 3.63) is 35.9 Å². The Labute approximate surface area is 186 Å². The second kappa shape index (κ2) is 8.57. The highest BCUT2D eigenvalue weighted by atomic mass is 16.5. The highest BCUT2D eigenvalue weighted by Gasteiger charge is 2.61. The van der Waals surface area contributed by atoms with Crippen LogP contribution in [0.5, 0.6) is 0 Å². The summed E-state index contributed by atoms with van der Waals surface area (Å²) in [6.07, 6.45) is 9.38. The van der Waals surface area contributed by atoms with Gasteiger partial charge in [-0.2, -0.15) is 0 Å². The summed E-state index contributed by atoms with van der Waals surface area (Å²) in [5.41, 5.74) is 0.795. The molecule has 1 amide bonds. The Morgan fingerprint density at radius 3 is 2.39 bits per heavy atom. The van der Waals surface area contributed by atoms with Crippen molar-refractivity contribution >= 4 is 11.9 Å². The molecule has 4 aliphatic rings. The molecule has 5 nitrogen and oxygen atoms in total. The second-order valence-electron chi connectivity index (χ2n) is 10.1. The van der Waals surface area contributed by atoms with Gasteiger partial charge in [0.05, 0.1) is 12.0 Å². The van der Waals surface area contributed by atoms with Crippen LogP contribution in [0.25, 0.3) is 0 Å². The summed E-state index contributed by atoms with van der Waals surface area (Å²) < 4.78 is 5.66. The van der Waals surface area contributed by atoms with Crippen molar-refractivity contribution in [2.24, 2.45) is 11.3 Å². The maximum Gasteiger partial charge on any atom is 0.314 e. The van der Waals surface area contributed by atoms with Crippen LogP contribution < -0.4 is 0 Å². The Morgan fingerprint density at radius 2 is 1.74 bits per heavy atom. The molecule has 3 atom stereocenters. The van der Waals surface area contributed by atoms with Crippen LogP contribution in [0.4, 0.5) is 0 Å². The molecule has 1 saturated carbocycles. The lowest BCUT2D eigenvalue weighted by Gasteiger charge is -2.42. The van der Waals surface area contributed by atoms with Gasteiger partial charge in [0.1, 0.15) is 0 Å². The number of carbonyl (C=O) groups excluding carboxylic acids is 2. The first-order valence-corrected chi connectivity index (χ1v) is 12.4. The molecule has 3 heterocycles. The van der Waals surface area contributed by atoms with Crippen LogP contribution in [0, 0.1) is 11.3 Å². The third kappa shape index (κ3) is 3.69. The lowest BCUT2D eigenvalue weighted by molar-refractivity contribution is -0.157. The second-order valence-corrected chi connectivity index (χ2v) is 10.1. The Balaban J connectivity index is 1.32. The van der Waals surface area contributed by atoms with Gasteiger partial charge in [-0.1, -0.05) is 36.8 Å². The Hall–Kier alpha value is -1.88. The zero-order chi connectivity index (χ0) is 21.4. The Kier molecular flexibility index (Phi) is 5.80. The van der Waals surface area contributed by atoms with Gasteiger partial charge < -0.3 is 9.64 Å². The van der Waals surface area contributed by atoms with Gasteiger partial charge in [-0.3, -0.25) is 14.5 Å². The molecule has 5 rings (SSSR count). The topological polar surface area (TPSA) is 49.9 Å². The number of carbonyl (C=O) groups is 2. The SMILES string of the molecule is CCOC(=O)[C@@]1(Cc2ccccc2)C[C@H]2CC[C@@H]1N2C1CCN(C(=O)C2CCC2)CC1. The first kappa shape index (κ1) is 21.0. The number of fused-ring (bicyclic) bond motifs is 2. The van der Waals surface area contributed by atoms with E-state index in [1.807, 2.05) is 13.0 Å². The average Bonchev–Trinajstić information content (AvgIpc) is 3.30. The largest absolute Gasteiger partial charge is 0.466 e. The lowest BCUT2D eigenvalue weighted by Crippen LogP contribution is -2.52. The van der Waals surface area contributed by atoms with Crippen LogP contribution in [0.2, 0.25) is 0 Å². The van der Waals surface area contributed by atoms with Crippen LogP contribution in [-0.2, 0) is 20.7 Å². The molecule has 0 spiro atoms. The molecule has 0 unspecified atom stereocenters. The monoisotopic (exact) mass is 424 g/mol. The van der Waals surface area contributed by atoms with Gasteiger partial charge in [-0.05, 0) is 63.9 Å². The fourth-order valence-electron chi connectivity index (χ4n) is 6.80. The van der Waals surface area contributed by atoms with Crippen LogP contribution in [0.15, 0.2) is 30.3 Å². The zero-order valence-corrected chi connectivity index (χ0v) is 18.8. The van der Waals surface area contributed by atoms with Crippen molar-refractivity contribution in [1.82, 2.24) is 9.80 Å². The zero-order valence-electron chi connectivity index (χ0n) is 18.8. The molecule has 0 aromatic heterocycles. The van der Waals surface area contributed by atoms with Crippen LogP contribution in [0.3, 0.4) is 0 Å². The van der Waals surface area contributed by atoms with Crippen LogP contribution in [-0.4, -0.2) is 59.5 Å². The number of piperidine rings is 1. The number of rotatable bonds is 6. The summed E-state index contributed by atoms with van der Waals surface area (Å²) in [5, 5.41) is 0. The van der Waals surface area contributed by atoms with Crippen molar-refractivity contribution in [3.8, 4) is 0 Å². The maximum absolute atomic E-state index is 13.3. The number of benzene rings is 1. The average molecular weight is 425 g/mol. The van der Waals surface area contributed by atoms with Gasteiger partial charge in [0.25, 0.3) is 0 Å². The van der Waals surface area contributed by atoms with Crippen LogP contribution in [0.1, 0.15) is 63.9 Å². The number of hydrogen-bond acceptors (Lipinski definition) is 4. The van der Waals surface area contributed by atoms with Gasteiger partial charge in [-0.15, -0.1) is 0 Å². The molecular weight excluding hydrogens is 388 g/mol. The maximum atomic E-state index is 13.3. The quantitative estimate of drug-likeness (QED) is 0.652. The molecule has 3 aliphatic heterocycles. The van der Waals surface area contributed by atoms with E-state index in [0.29, 0.717) is 30.5 Å². The smallest absolute Gasteiger partial charge is 0.314 e. The third-order valence-electron chi connectivity index (χ3n) is 8.49. The Bertz CT molecular complexity index is 800. The number of esters is 1. The molecule has 168 valence electrons. The van der Waals surface area contributed by atoms with E-state index in [2.05, 4.69) is 34.1 Å². The first-order valence-electron chi connectivity index (χ1n) is 12.4. The fraction of sp³-hybridized carbons (Fsp3) is 0.692. The van der Waals surface area contributed by atoms with E-state index in [0.717, 1.165) is 58.0 Å². The van der Waals surface area contributed by atoms with Gasteiger partial charge in [-0.25, -0.2) is 0 Å². The van der Waals surface area contributed by atoms with E-state index in [9.17, 15) is 9.59 Å². The summed E-state index contributed by atoms with van der Waals surface area (Å²) in [6.45, 7) is 4.10. The number of nitrogens with zero attached hydrogens (tertiary/aromatic N) is 2. The normalized spacial score (nSPS) is 31.6. The van der Waals surface area contributed by atoms with Gasteiger partial charge in [0, 0.05) is 37.1 Å². The standard InChI is InChI=1S/C26H36N2O3/c1-2-31-25(30)26(17-19-7-4-3-5-8-19)18-22-11-12-23(26)28(22)21-13-15-27(16-14-21)24(29)20-9-6-10-20/h3-5,7-8,20-23H,2,6,9-18H2,1H3/t22-,23+,26+/m1/s1. The van der Waals surface area contributed by atoms with Crippen molar-refractivity contribution in [3.63, 3.8) is 0 Å². The molecule has 0 N–H and O–H groups in total. The number of ether oxygens (including phenoxy) is 1. The summed E-state index contributed by atoms with van der Waals surface area (Å²) in [4.78, 5) is 30.8. The van der Waals surface area contributed by atoms with Gasteiger partial charge in [0.2, 0.25) is 5.91 Å². The van der Waals surface area contributed by atoms with E-state index < -0.39 is 5.41 Å². The lowest BCUT2D eigenvalue weighted by atomic mass is 9.70. The number of hydrogen-bond donors (Lipinski definition) is 0. The summed E-state index contributed by atoms with van der Waals surface area (Å²) in [6, 6.07) is 11.7. The van der Waals surface area contributed by atoms with Crippen molar-refractivity contribution in [2.45, 2.75) is 82.8 Å². The molecular formula is C26H36N2O3. The molecule has 4 fully saturated rings. The minimum atomic E-state index is -0.431. The molecule has 31 heavy (non-hydrogen) atoms. The van der Waals surface area contributed by atoms with E-state index in [1.54, 1.807) is 0 Å². The molecule has 1 aliphatic carbocycles. The fourth-order valence-corrected chi connectivity index (χ4v) is 6.80. The van der Waals surface area contributed by atoms with E-state index in [4.69, 9.17) is 4.74 Å². The van der Waals surface area contributed by atoms with Crippen LogP contribution >= 0.6 is 0 Å². The molecule has 3 saturated heterocycles. The summed E-state index contributed by atoms with van der Waals surface area (Å²) in [7, 11) is 0. The first-order chi connectivity index (χ1) is 15.1. The predicted octanol–water partition coefficient (Wildman–Crippen LogP) is 3.81. The van der Waals surface area contributed by atoms with E-state index >= 15 is 0 Å². The minimum Gasteiger partial charge on any atom is -0.466 e. The van der Waals surface area contributed by atoms with E-state index in [-0.39, 0.29) is 12.0 Å². The highest BCUT2D eigenvalue weighted by molar-refractivity contribution is 5.80. The predicted molar refractivity (Wildman–Crippen MR) is 119 cm³/mol. The molecule has 0 radical (unpaired) electrons. The van der Waals surface area contributed by atoms with Gasteiger partial charge >= 0.3 is 5.97 Å². The summed E-state index contributed by atoms with van der Waals surface area (Å²) in [5.74, 6) is 0.676. The summed E-state index contributed by atoms with van der Waals surface area (Å²) >= 11 is 0. The molecule has 5 heteroatoms. The molecule has 1 aromatic rings. The number of amides is 1. The van der Waals surface area contributed by atoms with E-state index in [1.165, 1.54) is 18.4 Å². The minimum absolute atomic E-state index is 0.00588. The van der Waals surface area contributed by atoms with Gasteiger partial charge in [0.15, 0.2) is 0 Å². The van der Waals surface area contributed by atoms with Crippen molar-refractivity contribution in [1.29, 1.82) is 0 Å². The number of likely N-dealkylation sites (tertiary alicyclic amines) is 1. The Morgan fingerprint density at radius 1 is 1.00 bits per heavy atom. The van der Waals surface area contributed by atoms with Crippen molar-refractivity contribution in [2.75, 3.05) is 19.7 Å². The molecule has 1 aromatic carbocycles. The molecule has 2 bridgehead atoms.